The Balaban J connectivity index is 2.21. The summed E-state index contributed by atoms with van der Waals surface area (Å²) in [6, 6.07) is 17.9. The number of carbonyl (C=O) groups is 1. The van der Waals surface area contributed by atoms with Crippen LogP contribution in [0.4, 0.5) is 5.69 Å². The van der Waals surface area contributed by atoms with E-state index in [-0.39, 0.29) is 17.5 Å². The number of nitriles is 1. The maximum absolute atomic E-state index is 12.6. The molecule has 0 saturated carbocycles. The summed E-state index contributed by atoms with van der Waals surface area (Å²) in [5.74, 6) is -0.389. The fraction of sp³-hybridized carbons (Fsp3) is 0.273. The molecular weight excluding hydrogens is 322 g/mol. The molecule has 0 aliphatic heterocycles. The Labute approximate surface area is 155 Å². The van der Waals surface area contributed by atoms with Gasteiger partial charge in [-0.1, -0.05) is 42.5 Å². The maximum atomic E-state index is 12.6. The summed E-state index contributed by atoms with van der Waals surface area (Å²) in [5.41, 5.74) is 4.05. The van der Waals surface area contributed by atoms with Gasteiger partial charge in [-0.3, -0.25) is 4.79 Å². The van der Waals surface area contributed by atoms with E-state index in [1.165, 1.54) is 0 Å². The van der Waals surface area contributed by atoms with Gasteiger partial charge in [0.2, 0.25) is 0 Å². The van der Waals surface area contributed by atoms with Crippen LogP contribution in [0.25, 0.3) is 0 Å². The van der Waals surface area contributed by atoms with Gasteiger partial charge in [-0.25, -0.2) is 0 Å². The molecule has 0 aliphatic carbocycles. The molecule has 26 heavy (non-hydrogen) atoms. The molecule has 1 N–H and O–H groups in total. The monoisotopic (exact) mass is 347 g/mol. The number of hydrogen-bond acceptors (Lipinski definition) is 3. The van der Waals surface area contributed by atoms with Crippen LogP contribution in [0.5, 0.6) is 0 Å². The third kappa shape index (κ3) is 4.97. The van der Waals surface area contributed by atoms with Gasteiger partial charge in [0, 0.05) is 24.5 Å². The Morgan fingerprint density at radius 2 is 1.85 bits per heavy atom. The summed E-state index contributed by atoms with van der Waals surface area (Å²) in [4.78, 5) is 14.6. The lowest BCUT2D eigenvalue weighted by molar-refractivity contribution is -0.112. The molecule has 0 aromatic heterocycles. The second-order valence-electron chi connectivity index (χ2n) is 6.61. The first-order chi connectivity index (χ1) is 12.4. The van der Waals surface area contributed by atoms with Crippen molar-refractivity contribution in [3.05, 3.63) is 77.0 Å². The van der Waals surface area contributed by atoms with Crippen LogP contribution in [-0.4, -0.2) is 16.8 Å². The van der Waals surface area contributed by atoms with Crippen molar-refractivity contribution in [2.75, 3.05) is 5.32 Å². The SMILES string of the molecule is Cc1cccc(NC(=O)/C(C#N)=C\N(Cc2ccccc2)C(C)C)c1C. The van der Waals surface area contributed by atoms with Gasteiger partial charge in [0.05, 0.1) is 0 Å². The molecule has 0 radical (unpaired) electrons. The smallest absolute Gasteiger partial charge is 0.267 e. The lowest BCUT2D eigenvalue weighted by atomic mass is 10.1. The number of carbonyl (C=O) groups excluding carboxylic acids is 1. The van der Waals surface area contributed by atoms with E-state index in [9.17, 15) is 10.1 Å². The Morgan fingerprint density at radius 3 is 2.46 bits per heavy atom. The first kappa shape index (κ1) is 19.3. The summed E-state index contributed by atoms with van der Waals surface area (Å²) in [7, 11) is 0. The topological polar surface area (TPSA) is 56.1 Å². The molecule has 0 fully saturated rings. The van der Waals surface area contributed by atoms with Gasteiger partial charge < -0.3 is 10.2 Å². The van der Waals surface area contributed by atoms with E-state index in [2.05, 4.69) is 5.32 Å². The molecule has 2 aromatic rings. The molecule has 0 bridgehead atoms. The molecule has 0 atom stereocenters. The Morgan fingerprint density at radius 1 is 1.15 bits per heavy atom. The highest BCUT2D eigenvalue weighted by Crippen LogP contribution is 2.19. The minimum atomic E-state index is -0.389. The fourth-order valence-electron chi connectivity index (χ4n) is 2.55. The fourth-order valence-corrected chi connectivity index (χ4v) is 2.55. The first-order valence-electron chi connectivity index (χ1n) is 8.71. The van der Waals surface area contributed by atoms with Crippen molar-refractivity contribution in [2.45, 2.75) is 40.3 Å². The van der Waals surface area contributed by atoms with Crippen LogP contribution in [0.1, 0.15) is 30.5 Å². The molecule has 0 heterocycles. The quantitative estimate of drug-likeness (QED) is 0.615. The van der Waals surface area contributed by atoms with Crippen LogP contribution >= 0.6 is 0 Å². The van der Waals surface area contributed by atoms with Crippen LogP contribution in [0, 0.1) is 25.2 Å². The molecule has 0 saturated heterocycles. The van der Waals surface area contributed by atoms with Gasteiger partial charge in [-0.2, -0.15) is 5.26 Å². The Hall–Kier alpha value is -3.06. The molecular formula is C22H25N3O. The standard InChI is InChI=1S/C22H25N3O/c1-16(2)25(14-19-10-6-5-7-11-19)15-20(13-23)22(26)24-21-12-8-9-17(3)18(21)4/h5-12,15-16H,14H2,1-4H3,(H,24,26)/b20-15-. The normalized spacial score (nSPS) is 11.2. The molecule has 4 heteroatoms. The Bertz CT molecular complexity index is 832. The predicted molar refractivity (Wildman–Crippen MR) is 105 cm³/mol. The minimum absolute atomic E-state index is 0.0931. The predicted octanol–water partition coefficient (Wildman–Crippen LogP) is 4.56. The molecule has 0 aliphatic rings. The Kier molecular flexibility index (Phi) is 6.57. The summed E-state index contributed by atoms with van der Waals surface area (Å²) < 4.78 is 0. The van der Waals surface area contributed by atoms with Crippen LogP contribution in [0.15, 0.2) is 60.3 Å². The van der Waals surface area contributed by atoms with E-state index in [0.29, 0.717) is 6.54 Å². The van der Waals surface area contributed by atoms with Crippen molar-refractivity contribution in [1.82, 2.24) is 4.90 Å². The van der Waals surface area contributed by atoms with Crippen molar-refractivity contribution < 1.29 is 4.79 Å². The van der Waals surface area contributed by atoms with Crippen LogP contribution < -0.4 is 5.32 Å². The molecule has 2 aromatic carbocycles. The van der Waals surface area contributed by atoms with Gasteiger partial charge in [-0.15, -0.1) is 0 Å². The zero-order valence-electron chi connectivity index (χ0n) is 15.8. The van der Waals surface area contributed by atoms with Crippen LogP contribution in [-0.2, 0) is 11.3 Å². The third-order valence-corrected chi connectivity index (χ3v) is 4.38. The second-order valence-corrected chi connectivity index (χ2v) is 6.61. The second kappa shape index (κ2) is 8.87. The van der Waals surface area contributed by atoms with E-state index in [1.54, 1.807) is 6.20 Å². The number of amides is 1. The largest absolute Gasteiger partial charge is 0.369 e. The molecule has 1 amide bonds. The van der Waals surface area contributed by atoms with Crippen molar-refractivity contribution in [2.24, 2.45) is 0 Å². The number of nitrogens with zero attached hydrogens (tertiary/aromatic N) is 2. The number of hydrogen-bond donors (Lipinski definition) is 1. The van der Waals surface area contributed by atoms with E-state index in [4.69, 9.17) is 0 Å². The van der Waals surface area contributed by atoms with Gasteiger partial charge in [0.25, 0.3) is 5.91 Å². The van der Waals surface area contributed by atoms with Gasteiger partial charge >= 0.3 is 0 Å². The highest BCUT2D eigenvalue weighted by atomic mass is 16.1. The zero-order valence-corrected chi connectivity index (χ0v) is 15.8. The highest BCUT2D eigenvalue weighted by Gasteiger charge is 2.15. The average molecular weight is 347 g/mol. The van der Waals surface area contributed by atoms with Crippen LogP contribution in [0.2, 0.25) is 0 Å². The number of rotatable bonds is 6. The summed E-state index contributed by atoms with van der Waals surface area (Å²) >= 11 is 0. The molecule has 2 rings (SSSR count). The van der Waals surface area contributed by atoms with Gasteiger partial charge in [0.1, 0.15) is 11.6 Å². The average Bonchev–Trinajstić information content (AvgIpc) is 2.63. The lowest BCUT2D eigenvalue weighted by Gasteiger charge is -2.25. The summed E-state index contributed by atoms with van der Waals surface area (Å²) in [5, 5.41) is 12.3. The molecule has 4 nitrogen and oxygen atoms in total. The number of nitrogens with one attached hydrogen (secondary N) is 1. The van der Waals surface area contributed by atoms with Crippen molar-refractivity contribution in [3.8, 4) is 6.07 Å². The third-order valence-electron chi connectivity index (χ3n) is 4.38. The van der Waals surface area contributed by atoms with E-state index in [1.807, 2.05) is 87.2 Å². The maximum Gasteiger partial charge on any atom is 0.267 e. The van der Waals surface area contributed by atoms with E-state index < -0.39 is 0 Å². The highest BCUT2D eigenvalue weighted by molar-refractivity contribution is 6.06. The number of aryl methyl sites for hydroxylation is 1. The summed E-state index contributed by atoms with van der Waals surface area (Å²) in [6.45, 7) is 8.66. The molecule has 134 valence electrons. The molecule has 0 unspecified atom stereocenters. The number of anilines is 1. The van der Waals surface area contributed by atoms with Crippen molar-refractivity contribution >= 4 is 11.6 Å². The summed E-state index contributed by atoms with van der Waals surface area (Å²) in [6.07, 6.45) is 1.65. The zero-order chi connectivity index (χ0) is 19.1. The van der Waals surface area contributed by atoms with E-state index >= 15 is 0 Å². The van der Waals surface area contributed by atoms with Crippen molar-refractivity contribution in [1.29, 1.82) is 5.26 Å². The number of benzene rings is 2. The minimum Gasteiger partial charge on any atom is -0.369 e. The van der Waals surface area contributed by atoms with Crippen LogP contribution in [0.3, 0.4) is 0 Å². The molecule has 0 spiro atoms. The van der Waals surface area contributed by atoms with Gasteiger partial charge in [-0.05, 0) is 50.5 Å². The first-order valence-corrected chi connectivity index (χ1v) is 8.71. The van der Waals surface area contributed by atoms with Gasteiger partial charge in [0.15, 0.2) is 0 Å². The lowest BCUT2D eigenvalue weighted by Crippen LogP contribution is -2.27. The van der Waals surface area contributed by atoms with Crippen molar-refractivity contribution in [3.63, 3.8) is 0 Å². The van der Waals surface area contributed by atoms with E-state index in [0.717, 1.165) is 22.4 Å².